The van der Waals surface area contributed by atoms with Crippen LogP contribution in [0.15, 0.2) is 22.7 Å². The van der Waals surface area contributed by atoms with E-state index in [2.05, 4.69) is 21.0 Å². The number of carbonyl (C=O) groups excluding carboxylic acids is 1. The minimum atomic E-state index is -0.471. The zero-order chi connectivity index (χ0) is 14.9. The molecular weight excluding hydrogens is 325 g/mol. The number of aryl methyl sites for hydroxylation is 2. The van der Waals surface area contributed by atoms with Gasteiger partial charge in [0, 0.05) is 18.3 Å². The summed E-state index contributed by atoms with van der Waals surface area (Å²) in [7, 11) is 1.78. The Morgan fingerprint density at radius 3 is 2.80 bits per heavy atom. The lowest BCUT2D eigenvalue weighted by atomic mass is 10.0. The van der Waals surface area contributed by atoms with Crippen molar-refractivity contribution < 1.29 is 9.18 Å². The van der Waals surface area contributed by atoms with Crippen molar-refractivity contribution in [3.05, 3.63) is 45.4 Å². The van der Waals surface area contributed by atoms with E-state index < -0.39 is 5.82 Å². The quantitative estimate of drug-likeness (QED) is 0.688. The lowest BCUT2D eigenvalue weighted by Gasteiger charge is -2.06. The molecule has 1 aromatic carbocycles. The van der Waals surface area contributed by atoms with Gasteiger partial charge < -0.3 is 5.73 Å². The third-order valence-corrected chi connectivity index (χ3v) is 4.06. The number of aromatic nitrogens is 2. The highest BCUT2D eigenvalue weighted by molar-refractivity contribution is 9.10. The summed E-state index contributed by atoms with van der Waals surface area (Å²) in [5, 5.41) is 4.33. The normalized spacial score (nSPS) is 10.8. The molecule has 0 aliphatic rings. The van der Waals surface area contributed by atoms with E-state index in [4.69, 9.17) is 5.73 Å². The summed E-state index contributed by atoms with van der Waals surface area (Å²) in [5.41, 5.74) is 7.87. The number of halogens is 2. The molecule has 106 valence electrons. The van der Waals surface area contributed by atoms with E-state index in [0.29, 0.717) is 0 Å². The van der Waals surface area contributed by atoms with Crippen LogP contribution in [0.25, 0.3) is 0 Å². The SMILES string of the molecule is CCc1nn(C)c(CC(=O)c2cc(F)ccc2N)c1Br. The van der Waals surface area contributed by atoms with E-state index in [0.717, 1.165) is 22.3 Å². The molecule has 2 rings (SSSR count). The van der Waals surface area contributed by atoms with Crippen molar-refractivity contribution >= 4 is 27.4 Å². The number of rotatable bonds is 4. The van der Waals surface area contributed by atoms with Gasteiger partial charge in [-0.15, -0.1) is 0 Å². The largest absolute Gasteiger partial charge is 0.398 e. The van der Waals surface area contributed by atoms with Crippen LogP contribution >= 0.6 is 15.9 Å². The highest BCUT2D eigenvalue weighted by Crippen LogP contribution is 2.24. The maximum atomic E-state index is 13.2. The average Bonchev–Trinajstić information content (AvgIpc) is 2.68. The first-order chi connectivity index (χ1) is 9.43. The summed E-state index contributed by atoms with van der Waals surface area (Å²) in [6.07, 6.45) is 0.891. The number of hydrogen-bond donors (Lipinski definition) is 1. The average molecular weight is 340 g/mol. The molecule has 0 atom stereocenters. The molecule has 1 aromatic heterocycles. The highest BCUT2D eigenvalue weighted by Gasteiger charge is 2.18. The number of nitrogens with zero attached hydrogens (tertiary/aromatic N) is 2. The van der Waals surface area contributed by atoms with Crippen molar-refractivity contribution in [3.8, 4) is 0 Å². The maximum Gasteiger partial charge on any atom is 0.171 e. The van der Waals surface area contributed by atoms with E-state index >= 15 is 0 Å². The van der Waals surface area contributed by atoms with E-state index in [1.54, 1.807) is 11.7 Å². The fraction of sp³-hybridized carbons (Fsp3) is 0.286. The van der Waals surface area contributed by atoms with Crippen LogP contribution in [0.4, 0.5) is 10.1 Å². The Morgan fingerprint density at radius 2 is 2.20 bits per heavy atom. The zero-order valence-corrected chi connectivity index (χ0v) is 12.9. The molecule has 1 heterocycles. The summed E-state index contributed by atoms with van der Waals surface area (Å²) in [6.45, 7) is 1.99. The first kappa shape index (κ1) is 14.7. The Hall–Kier alpha value is -1.69. The van der Waals surface area contributed by atoms with Crippen LogP contribution in [0.2, 0.25) is 0 Å². The molecule has 0 spiro atoms. The molecule has 0 bridgehead atoms. The molecule has 2 aromatic rings. The van der Waals surface area contributed by atoms with Gasteiger partial charge in [0.25, 0.3) is 0 Å². The van der Waals surface area contributed by atoms with E-state index in [1.165, 1.54) is 18.2 Å². The van der Waals surface area contributed by atoms with Crippen molar-refractivity contribution in [1.29, 1.82) is 0 Å². The molecule has 2 N–H and O–H groups in total. The molecule has 0 unspecified atom stereocenters. The molecule has 0 fully saturated rings. The van der Waals surface area contributed by atoms with Crippen LogP contribution in [0.5, 0.6) is 0 Å². The van der Waals surface area contributed by atoms with Gasteiger partial charge in [0.05, 0.1) is 22.3 Å². The monoisotopic (exact) mass is 339 g/mol. The van der Waals surface area contributed by atoms with E-state index in [1.807, 2.05) is 6.92 Å². The standard InChI is InChI=1S/C14H15BrFN3O/c1-3-11-14(15)12(19(2)18-11)7-13(20)9-6-8(16)4-5-10(9)17/h4-6H,3,7,17H2,1-2H3. The molecule has 4 nitrogen and oxygen atoms in total. The van der Waals surface area contributed by atoms with Crippen LogP contribution in [-0.4, -0.2) is 15.6 Å². The number of benzene rings is 1. The lowest BCUT2D eigenvalue weighted by Crippen LogP contribution is -2.11. The number of nitrogens with two attached hydrogens (primary N) is 1. The second-order valence-corrected chi connectivity index (χ2v) is 5.31. The Morgan fingerprint density at radius 1 is 1.50 bits per heavy atom. The van der Waals surface area contributed by atoms with E-state index in [9.17, 15) is 9.18 Å². The molecular formula is C14H15BrFN3O. The third-order valence-electron chi connectivity index (χ3n) is 3.15. The molecule has 0 aliphatic carbocycles. The second-order valence-electron chi connectivity index (χ2n) is 4.52. The van der Waals surface area contributed by atoms with Crippen molar-refractivity contribution in [2.75, 3.05) is 5.73 Å². The lowest BCUT2D eigenvalue weighted by molar-refractivity contribution is 0.0991. The molecule has 0 radical (unpaired) electrons. The third kappa shape index (κ3) is 2.75. The fourth-order valence-electron chi connectivity index (χ4n) is 2.03. The molecule has 0 saturated carbocycles. The fourth-order valence-corrected chi connectivity index (χ4v) is 2.79. The number of anilines is 1. The Labute approximate surface area is 124 Å². The molecule has 0 aliphatic heterocycles. The first-order valence-corrected chi connectivity index (χ1v) is 7.01. The van der Waals surface area contributed by atoms with Crippen molar-refractivity contribution in [2.45, 2.75) is 19.8 Å². The summed E-state index contributed by atoms with van der Waals surface area (Å²) < 4.78 is 15.7. The highest BCUT2D eigenvalue weighted by atomic mass is 79.9. The number of hydrogen-bond acceptors (Lipinski definition) is 3. The first-order valence-electron chi connectivity index (χ1n) is 6.22. The van der Waals surface area contributed by atoms with Gasteiger partial charge in [0.2, 0.25) is 0 Å². The molecule has 20 heavy (non-hydrogen) atoms. The Bertz CT molecular complexity index is 667. The van der Waals surface area contributed by atoms with Crippen molar-refractivity contribution in [2.24, 2.45) is 7.05 Å². The van der Waals surface area contributed by atoms with Gasteiger partial charge >= 0.3 is 0 Å². The zero-order valence-electron chi connectivity index (χ0n) is 11.3. The number of nitrogen functional groups attached to an aromatic ring is 1. The summed E-state index contributed by atoms with van der Waals surface area (Å²) >= 11 is 3.46. The minimum absolute atomic E-state index is 0.123. The number of carbonyl (C=O) groups is 1. The summed E-state index contributed by atoms with van der Waals surface area (Å²) in [6, 6.07) is 3.81. The van der Waals surface area contributed by atoms with Crippen molar-refractivity contribution in [3.63, 3.8) is 0 Å². The number of Topliss-reactive ketones (excluding diaryl/α,β-unsaturated/α-hetero) is 1. The second kappa shape index (κ2) is 5.75. The van der Waals surface area contributed by atoms with Gasteiger partial charge in [0.1, 0.15) is 5.82 Å². The predicted molar refractivity (Wildman–Crippen MR) is 79.1 cm³/mol. The van der Waals surface area contributed by atoms with Crippen LogP contribution in [0, 0.1) is 5.82 Å². The van der Waals surface area contributed by atoms with E-state index in [-0.39, 0.29) is 23.5 Å². The molecule has 6 heteroatoms. The predicted octanol–water partition coefficient (Wildman–Crippen LogP) is 2.89. The smallest absolute Gasteiger partial charge is 0.171 e. The van der Waals surface area contributed by atoms with Crippen LogP contribution in [-0.2, 0) is 19.9 Å². The molecule has 0 amide bonds. The van der Waals surface area contributed by atoms with Crippen LogP contribution in [0.1, 0.15) is 28.7 Å². The maximum absolute atomic E-state index is 13.2. The topological polar surface area (TPSA) is 60.9 Å². The van der Waals surface area contributed by atoms with Crippen LogP contribution < -0.4 is 5.73 Å². The number of ketones is 1. The Kier molecular flexibility index (Phi) is 4.23. The summed E-state index contributed by atoms with van der Waals surface area (Å²) in [4.78, 5) is 12.3. The van der Waals surface area contributed by atoms with Gasteiger partial charge in [-0.05, 0) is 40.5 Å². The minimum Gasteiger partial charge on any atom is -0.398 e. The van der Waals surface area contributed by atoms with Gasteiger partial charge in [0.15, 0.2) is 5.78 Å². The summed E-state index contributed by atoms with van der Waals surface area (Å²) in [5.74, 6) is -0.700. The van der Waals surface area contributed by atoms with Gasteiger partial charge in [-0.1, -0.05) is 6.92 Å². The Balaban J connectivity index is 2.33. The van der Waals surface area contributed by atoms with Gasteiger partial charge in [-0.3, -0.25) is 9.48 Å². The molecule has 0 saturated heterocycles. The van der Waals surface area contributed by atoms with Crippen molar-refractivity contribution in [1.82, 2.24) is 9.78 Å². The van der Waals surface area contributed by atoms with Gasteiger partial charge in [-0.25, -0.2) is 4.39 Å². The van der Waals surface area contributed by atoms with Gasteiger partial charge in [-0.2, -0.15) is 5.10 Å². The van der Waals surface area contributed by atoms with Crippen LogP contribution in [0.3, 0.4) is 0 Å².